The maximum atomic E-state index is 13.8. The third-order valence-electron chi connectivity index (χ3n) is 7.89. The molecular formula is C31H48N4O5S2. The van der Waals surface area contributed by atoms with E-state index in [1.807, 2.05) is 44.7 Å². The van der Waals surface area contributed by atoms with Crippen LogP contribution in [0.15, 0.2) is 24.3 Å². The summed E-state index contributed by atoms with van der Waals surface area (Å²) in [4.78, 5) is 45.8. The predicted molar refractivity (Wildman–Crippen MR) is 171 cm³/mol. The van der Waals surface area contributed by atoms with E-state index in [4.69, 9.17) is 9.47 Å². The van der Waals surface area contributed by atoms with Crippen molar-refractivity contribution in [2.75, 3.05) is 60.8 Å². The van der Waals surface area contributed by atoms with Gasteiger partial charge in [0.15, 0.2) is 0 Å². The zero-order valence-electron chi connectivity index (χ0n) is 25.6. The Morgan fingerprint density at radius 2 is 1.74 bits per heavy atom. The van der Waals surface area contributed by atoms with Crippen molar-refractivity contribution in [3.63, 3.8) is 0 Å². The van der Waals surface area contributed by atoms with Crippen LogP contribution in [0.5, 0.6) is 5.75 Å². The highest BCUT2D eigenvalue weighted by molar-refractivity contribution is 7.99. The highest BCUT2D eigenvalue weighted by Gasteiger charge is 2.39. The highest BCUT2D eigenvalue weighted by Crippen LogP contribution is 2.28. The largest absolute Gasteiger partial charge is 0.494 e. The second-order valence-electron chi connectivity index (χ2n) is 12.3. The van der Waals surface area contributed by atoms with E-state index in [1.165, 1.54) is 48.8 Å². The minimum atomic E-state index is -0.653. The fourth-order valence-corrected chi connectivity index (χ4v) is 8.04. The van der Waals surface area contributed by atoms with Crippen LogP contribution in [-0.2, 0) is 14.3 Å². The third kappa shape index (κ3) is 9.36. The van der Waals surface area contributed by atoms with Crippen LogP contribution in [0.1, 0.15) is 59.8 Å². The molecule has 2 atom stereocenters. The Morgan fingerprint density at radius 3 is 2.38 bits per heavy atom. The Bertz CT molecular complexity index is 1040. The van der Waals surface area contributed by atoms with Gasteiger partial charge in [0.05, 0.1) is 12.5 Å². The molecule has 1 unspecified atom stereocenters. The average Bonchev–Trinajstić information content (AvgIpc) is 3.47. The van der Waals surface area contributed by atoms with Gasteiger partial charge in [0, 0.05) is 43.4 Å². The van der Waals surface area contributed by atoms with Crippen molar-refractivity contribution in [3.8, 4) is 5.75 Å². The molecule has 1 aromatic carbocycles. The van der Waals surface area contributed by atoms with Crippen molar-refractivity contribution in [2.45, 2.75) is 77.5 Å². The van der Waals surface area contributed by atoms with Gasteiger partial charge in [0.1, 0.15) is 23.4 Å². The summed E-state index contributed by atoms with van der Waals surface area (Å²) in [5, 5.41) is 3.06. The minimum Gasteiger partial charge on any atom is -0.494 e. The lowest BCUT2D eigenvalue weighted by Gasteiger charge is -2.38. The van der Waals surface area contributed by atoms with Gasteiger partial charge < -0.3 is 24.6 Å². The number of carbonyl (C=O) groups is 3. The van der Waals surface area contributed by atoms with Crippen LogP contribution in [0.3, 0.4) is 0 Å². The molecule has 3 fully saturated rings. The quantitative estimate of drug-likeness (QED) is 0.398. The van der Waals surface area contributed by atoms with Crippen LogP contribution in [0, 0.1) is 5.92 Å². The third-order valence-corrected chi connectivity index (χ3v) is 10.2. The number of thioether (sulfide) groups is 2. The molecule has 3 amide bonds. The van der Waals surface area contributed by atoms with Crippen LogP contribution >= 0.6 is 23.5 Å². The van der Waals surface area contributed by atoms with Gasteiger partial charge in [0.25, 0.3) is 0 Å². The standard InChI is InChI=1S/C31H48N4O5S2/c1-5-39-25-13-11-24(12-14-25)33-15-17-34(18-16-33)29(37)26(20-41-19-23-9-7-6-8-10-23)32-28(36)27-21-42-22-35(27)30(38)40-31(2,3)4/h11-14,23,26-27H,5-10,15-22H2,1-4H3,(H,32,36)/t26-,27?/m0/s1. The molecule has 1 aliphatic carbocycles. The smallest absolute Gasteiger partial charge is 0.411 e. The number of ether oxygens (including phenoxy) is 2. The van der Waals surface area contributed by atoms with Gasteiger partial charge in [0.2, 0.25) is 11.8 Å². The molecule has 1 N–H and O–H groups in total. The summed E-state index contributed by atoms with van der Waals surface area (Å²) in [6, 6.07) is 6.79. The number of hydrogen-bond donors (Lipinski definition) is 1. The molecule has 2 aliphatic heterocycles. The van der Waals surface area contributed by atoms with E-state index < -0.39 is 23.8 Å². The van der Waals surface area contributed by atoms with Crippen LogP contribution in [0.2, 0.25) is 0 Å². The first-order valence-corrected chi connectivity index (χ1v) is 17.7. The summed E-state index contributed by atoms with van der Waals surface area (Å²) in [5.74, 6) is 3.64. The van der Waals surface area contributed by atoms with Gasteiger partial charge in [-0.3, -0.25) is 14.5 Å². The molecule has 0 aromatic heterocycles. The summed E-state index contributed by atoms with van der Waals surface area (Å²) in [5.41, 5.74) is 0.465. The first-order chi connectivity index (χ1) is 20.1. The number of carbonyl (C=O) groups excluding carboxylic acids is 3. The van der Waals surface area contributed by atoms with Gasteiger partial charge in [-0.1, -0.05) is 19.3 Å². The number of benzene rings is 1. The Morgan fingerprint density at radius 1 is 1.05 bits per heavy atom. The molecule has 1 saturated carbocycles. The number of anilines is 1. The normalized spacial score (nSPS) is 20.8. The van der Waals surface area contributed by atoms with Crippen molar-refractivity contribution >= 4 is 47.1 Å². The first-order valence-electron chi connectivity index (χ1n) is 15.4. The number of amides is 3. The summed E-state index contributed by atoms with van der Waals surface area (Å²) in [6.07, 6.45) is 5.87. The fourth-order valence-electron chi connectivity index (χ4n) is 5.63. The summed E-state index contributed by atoms with van der Waals surface area (Å²) < 4.78 is 11.1. The van der Waals surface area contributed by atoms with Gasteiger partial charge in [-0.25, -0.2) is 4.79 Å². The lowest BCUT2D eigenvalue weighted by Crippen LogP contribution is -2.58. The van der Waals surface area contributed by atoms with E-state index in [2.05, 4.69) is 22.3 Å². The minimum absolute atomic E-state index is 0.0414. The fraction of sp³-hybridized carbons (Fsp3) is 0.710. The Balaban J connectivity index is 1.37. The summed E-state index contributed by atoms with van der Waals surface area (Å²) in [6.45, 7) is 10.7. The number of hydrogen-bond acceptors (Lipinski definition) is 8. The predicted octanol–water partition coefficient (Wildman–Crippen LogP) is 4.84. The molecule has 0 bridgehead atoms. The van der Waals surface area contributed by atoms with E-state index in [-0.39, 0.29) is 11.8 Å². The van der Waals surface area contributed by atoms with E-state index in [9.17, 15) is 14.4 Å². The topological polar surface area (TPSA) is 91.4 Å². The molecular weight excluding hydrogens is 572 g/mol. The van der Waals surface area contributed by atoms with Gasteiger partial charge in [-0.2, -0.15) is 11.8 Å². The maximum absolute atomic E-state index is 13.8. The summed E-state index contributed by atoms with van der Waals surface area (Å²) >= 11 is 3.29. The Kier molecular flexibility index (Phi) is 12.0. The zero-order valence-corrected chi connectivity index (χ0v) is 27.3. The molecule has 2 heterocycles. The van der Waals surface area contributed by atoms with Crippen LogP contribution in [0.4, 0.5) is 10.5 Å². The number of nitrogens with zero attached hydrogens (tertiary/aromatic N) is 3. The van der Waals surface area contributed by atoms with Crippen molar-refractivity contribution in [1.82, 2.24) is 15.1 Å². The second kappa shape index (κ2) is 15.5. The maximum Gasteiger partial charge on any atom is 0.411 e. The monoisotopic (exact) mass is 620 g/mol. The first kappa shape index (κ1) is 32.6. The SMILES string of the molecule is CCOc1ccc(N2CCN(C(=O)[C@H](CSCC3CCCCC3)NC(=O)C3CSCN3C(=O)OC(C)(C)C)CC2)cc1. The van der Waals surface area contributed by atoms with Crippen LogP contribution in [-0.4, -0.2) is 101 Å². The van der Waals surface area contributed by atoms with Gasteiger partial charge in [-0.05, 0) is 76.5 Å². The Labute approximate surface area is 259 Å². The van der Waals surface area contributed by atoms with Crippen LogP contribution in [0.25, 0.3) is 0 Å². The van der Waals surface area contributed by atoms with E-state index >= 15 is 0 Å². The molecule has 3 aliphatic rings. The lowest BCUT2D eigenvalue weighted by atomic mass is 9.91. The number of rotatable bonds is 10. The van der Waals surface area contributed by atoms with E-state index in [1.54, 1.807) is 11.8 Å². The molecule has 0 spiro atoms. The van der Waals surface area contributed by atoms with Crippen molar-refractivity contribution < 1.29 is 23.9 Å². The van der Waals surface area contributed by atoms with Crippen molar-refractivity contribution in [3.05, 3.63) is 24.3 Å². The molecule has 4 rings (SSSR count). The zero-order chi connectivity index (χ0) is 30.1. The second-order valence-corrected chi connectivity index (χ2v) is 14.4. The van der Waals surface area contributed by atoms with Crippen LogP contribution < -0.4 is 15.0 Å². The Hall–Kier alpha value is -2.27. The molecule has 2 saturated heterocycles. The molecule has 234 valence electrons. The summed E-state index contributed by atoms with van der Waals surface area (Å²) in [7, 11) is 0. The van der Waals surface area contributed by atoms with E-state index in [0.717, 1.165) is 30.3 Å². The van der Waals surface area contributed by atoms with Crippen molar-refractivity contribution in [2.24, 2.45) is 5.92 Å². The molecule has 11 heteroatoms. The molecule has 1 aromatic rings. The van der Waals surface area contributed by atoms with Crippen molar-refractivity contribution in [1.29, 1.82) is 0 Å². The van der Waals surface area contributed by atoms with Gasteiger partial charge >= 0.3 is 6.09 Å². The molecule has 9 nitrogen and oxygen atoms in total. The molecule has 42 heavy (non-hydrogen) atoms. The van der Waals surface area contributed by atoms with Gasteiger partial charge in [-0.15, -0.1) is 11.8 Å². The molecule has 0 radical (unpaired) electrons. The number of piperazine rings is 1. The lowest BCUT2D eigenvalue weighted by molar-refractivity contribution is -0.137. The highest BCUT2D eigenvalue weighted by atomic mass is 32.2. The van der Waals surface area contributed by atoms with E-state index in [0.29, 0.717) is 43.0 Å². The average molecular weight is 621 g/mol. The number of nitrogens with one attached hydrogen (secondary N) is 1.